The lowest BCUT2D eigenvalue weighted by Crippen LogP contribution is -1.92. The van der Waals surface area contributed by atoms with Gasteiger partial charge in [-0.1, -0.05) is 42.2 Å². The number of benzene rings is 2. The van der Waals surface area contributed by atoms with Crippen LogP contribution in [0.1, 0.15) is 22.5 Å². The number of aromatic amines is 1. The third-order valence-corrected chi connectivity index (χ3v) is 4.20. The molecule has 0 aliphatic heterocycles. The number of hydrogen-bond acceptors (Lipinski definition) is 3. The molecule has 0 spiro atoms. The van der Waals surface area contributed by atoms with Crippen LogP contribution in [-0.4, -0.2) is 20.1 Å². The zero-order valence-corrected chi connectivity index (χ0v) is 14.1. The fraction of sp³-hybridized carbons (Fsp3) is 0.0909. The first-order valence-electron chi connectivity index (χ1n) is 8.41. The van der Waals surface area contributed by atoms with E-state index in [0.29, 0.717) is 12.8 Å². The van der Waals surface area contributed by atoms with Crippen molar-refractivity contribution >= 4 is 10.9 Å². The van der Waals surface area contributed by atoms with E-state index >= 15 is 0 Å². The van der Waals surface area contributed by atoms with E-state index < -0.39 is 0 Å². The van der Waals surface area contributed by atoms with E-state index in [2.05, 4.69) is 26.8 Å². The smallest absolute Gasteiger partial charge is 0.130 e. The van der Waals surface area contributed by atoms with Crippen LogP contribution in [0.4, 0.5) is 0 Å². The molecule has 2 N–H and O–H groups in total. The molecule has 4 rings (SSSR count). The van der Waals surface area contributed by atoms with Crippen LogP contribution in [-0.2, 0) is 12.8 Å². The van der Waals surface area contributed by atoms with Gasteiger partial charge in [-0.25, -0.2) is 4.98 Å². The molecule has 0 aliphatic carbocycles. The number of nitrogens with one attached hydrogen (secondary N) is 1. The van der Waals surface area contributed by atoms with Crippen molar-refractivity contribution in [1.29, 1.82) is 0 Å². The molecule has 2 heterocycles. The fourth-order valence-electron chi connectivity index (χ4n) is 2.87. The maximum absolute atomic E-state index is 10.7. The van der Waals surface area contributed by atoms with Crippen molar-refractivity contribution in [1.82, 2.24) is 15.0 Å². The highest BCUT2D eigenvalue weighted by Crippen LogP contribution is 2.29. The van der Waals surface area contributed by atoms with Crippen LogP contribution in [0.2, 0.25) is 0 Å². The Labute approximate surface area is 151 Å². The molecule has 0 aliphatic rings. The second-order valence-corrected chi connectivity index (χ2v) is 6.04. The SMILES string of the molecule is Oc1c(Cc2ccccc2)cnc2ccc(C#CCc3ncc[nH]3)cc12. The van der Waals surface area contributed by atoms with Gasteiger partial charge in [0.05, 0.1) is 11.9 Å². The third kappa shape index (κ3) is 3.42. The number of pyridine rings is 1. The van der Waals surface area contributed by atoms with Crippen molar-refractivity contribution in [3.63, 3.8) is 0 Å². The molecular weight excluding hydrogens is 322 g/mol. The first-order valence-corrected chi connectivity index (χ1v) is 8.41. The molecule has 4 aromatic rings. The van der Waals surface area contributed by atoms with E-state index in [4.69, 9.17) is 0 Å². The minimum absolute atomic E-state index is 0.272. The van der Waals surface area contributed by atoms with Crippen LogP contribution in [0.15, 0.2) is 67.1 Å². The Hall–Kier alpha value is -3.58. The monoisotopic (exact) mass is 339 g/mol. The predicted octanol–water partition coefficient (Wildman–Crippen LogP) is 3.85. The molecule has 0 unspecified atom stereocenters. The van der Waals surface area contributed by atoms with Crippen LogP contribution in [0.5, 0.6) is 5.75 Å². The summed E-state index contributed by atoms with van der Waals surface area (Å²) in [5.41, 5.74) is 3.55. The molecule has 2 aromatic carbocycles. The Morgan fingerprint density at radius 3 is 2.73 bits per heavy atom. The molecular formula is C22H17N3O. The van der Waals surface area contributed by atoms with E-state index in [1.807, 2.05) is 48.5 Å². The number of aromatic nitrogens is 3. The lowest BCUT2D eigenvalue weighted by atomic mass is 10.0. The maximum atomic E-state index is 10.7. The van der Waals surface area contributed by atoms with Crippen molar-refractivity contribution in [3.05, 3.63) is 89.6 Å². The molecule has 0 saturated carbocycles. The summed E-state index contributed by atoms with van der Waals surface area (Å²) in [6.45, 7) is 0. The lowest BCUT2D eigenvalue weighted by Gasteiger charge is -2.08. The van der Waals surface area contributed by atoms with Crippen molar-refractivity contribution in [2.24, 2.45) is 0 Å². The second-order valence-electron chi connectivity index (χ2n) is 6.04. The van der Waals surface area contributed by atoms with Crippen LogP contribution >= 0.6 is 0 Å². The number of imidazole rings is 1. The van der Waals surface area contributed by atoms with E-state index in [1.165, 1.54) is 0 Å². The summed E-state index contributed by atoms with van der Waals surface area (Å²) in [7, 11) is 0. The topological polar surface area (TPSA) is 61.8 Å². The van der Waals surface area contributed by atoms with Crippen molar-refractivity contribution in [3.8, 4) is 17.6 Å². The van der Waals surface area contributed by atoms with Crippen LogP contribution < -0.4 is 0 Å². The Kier molecular flexibility index (Phi) is 4.36. The number of nitrogens with zero attached hydrogens (tertiary/aromatic N) is 2. The van der Waals surface area contributed by atoms with Crippen LogP contribution in [0.25, 0.3) is 10.9 Å². The zero-order chi connectivity index (χ0) is 17.8. The molecule has 0 atom stereocenters. The van der Waals surface area contributed by atoms with Crippen molar-refractivity contribution < 1.29 is 5.11 Å². The molecule has 26 heavy (non-hydrogen) atoms. The van der Waals surface area contributed by atoms with Gasteiger partial charge >= 0.3 is 0 Å². The number of rotatable bonds is 3. The molecule has 4 nitrogen and oxygen atoms in total. The average Bonchev–Trinajstić information content (AvgIpc) is 3.19. The normalized spacial score (nSPS) is 10.5. The van der Waals surface area contributed by atoms with Crippen molar-refractivity contribution in [2.45, 2.75) is 12.8 Å². The van der Waals surface area contributed by atoms with E-state index in [0.717, 1.165) is 33.4 Å². The van der Waals surface area contributed by atoms with Gasteiger partial charge < -0.3 is 10.1 Å². The molecule has 126 valence electrons. The number of fused-ring (bicyclic) bond motifs is 1. The summed E-state index contributed by atoms with van der Waals surface area (Å²) in [5, 5.41) is 11.4. The summed E-state index contributed by atoms with van der Waals surface area (Å²) in [6.07, 6.45) is 6.44. The number of hydrogen-bond donors (Lipinski definition) is 2. The predicted molar refractivity (Wildman–Crippen MR) is 102 cm³/mol. The van der Waals surface area contributed by atoms with E-state index in [-0.39, 0.29) is 5.75 Å². The van der Waals surface area contributed by atoms with Crippen LogP contribution in [0, 0.1) is 11.8 Å². The Bertz CT molecular complexity index is 1090. The highest BCUT2D eigenvalue weighted by Gasteiger charge is 2.09. The molecule has 0 fully saturated rings. The van der Waals surface area contributed by atoms with Gasteiger partial charge in [-0.3, -0.25) is 4.98 Å². The van der Waals surface area contributed by atoms with Gasteiger partial charge in [0.1, 0.15) is 11.6 Å². The van der Waals surface area contributed by atoms with Gasteiger partial charge in [0.2, 0.25) is 0 Å². The lowest BCUT2D eigenvalue weighted by molar-refractivity contribution is 0.475. The molecule has 2 aromatic heterocycles. The van der Waals surface area contributed by atoms with Crippen LogP contribution in [0.3, 0.4) is 0 Å². The largest absolute Gasteiger partial charge is 0.507 e. The standard InChI is InChI=1S/C22H17N3O/c26-22-18(13-16-5-2-1-3-6-16)15-25-20-10-9-17(14-19(20)22)7-4-8-21-23-11-12-24-21/h1-3,5-6,9-12,14-15H,8,13H2,(H,23,24)(H,25,26). The van der Waals surface area contributed by atoms with E-state index in [9.17, 15) is 5.11 Å². The average molecular weight is 339 g/mol. The Morgan fingerprint density at radius 2 is 1.92 bits per heavy atom. The van der Waals surface area contributed by atoms with Gasteiger partial charge in [0.25, 0.3) is 0 Å². The molecule has 0 amide bonds. The van der Waals surface area contributed by atoms with Gasteiger partial charge in [0.15, 0.2) is 0 Å². The maximum Gasteiger partial charge on any atom is 0.130 e. The van der Waals surface area contributed by atoms with Gasteiger partial charge in [-0.15, -0.1) is 0 Å². The summed E-state index contributed by atoms with van der Waals surface area (Å²) in [4.78, 5) is 11.7. The van der Waals surface area contributed by atoms with Gasteiger partial charge in [-0.05, 0) is 23.8 Å². The van der Waals surface area contributed by atoms with Gasteiger partial charge in [0, 0.05) is 41.5 Å². The third-order valence-electron chi connectivity index (χ3n) is 4.20. The second kappa shape index (κ2) is 7.12. The number of aromatic hydroxyl groups is 1. The highest BCUT2D eigenvalue weighted by molar-refractivity contribution is 5.87. The Morgan fingerprint density at radius 1 is 1.04 bits per heavy atom. The highest BCUT2D eigenvalue weighted by atomic mass is 16.3. The minimum atomic E-state index is 0.272. The van der Waals surface area contributed by atoms with E-state index in [1.54, 1.807) is 18.6 Å². The summed E-state index contributed by atoms with van der Waals surface area (Å²) < 4.78 is 0. The summed E-state index contributed by atoms with van der Waals surface area (Å²) >= 11 is 0. The molecule has 0 radical (unpaired) electrons. The first-order chi connectivity index (χ1) is 12.8. The Balaban J connectivity index is 1.64. The molecule has 0 saturated heterocycles. The van der Waals surface area contributed by atoms with Crippen molar-refractivity contribution in [2.75, 3.05) is 0 Å². The summed E-state index contributed by atoms with van der Waals surface area (Å²) in [6, 6.07) is 15.7. The quantitative estimate of drug-likeness (QED) is 0.557. The minimum Gasteiger partial charge on any atom is -0.507 e. The zero-order valence-electron chi connectivity index (χ0n) is 14.1. The van der Waals surface area contributed by atoms with Gasteiger partial charge in [-0.2, -0.15) is 0 Å². The first kappa shape index (κ1) is 15.9. The fourth-order valence-corrected chi connectivity index (χ4v) is 2.87. The molecule has 0 bridgehead atoms. The number of H-pyrrole nitrogens is 1. The molecule has 4 heteroatoms. The summed E-state index contributed by atoms with van der Waals surface area (Å²) in [5.74, 6) is 7.33.